The van der Waals surface area contributed by atoms with Crippen LogP contribution in [0.2, 0.25) is 0 Å². The molecule has 3 nitrogen and oxygen atoms in total. The van der Waals surface area contributed by atoms with Crippen molar-refractivity contribution in [2.75, 3.05) is 13.2 Å². The van der Waals surface area contributed by atoms with Crippen molar-refractivity contribution in [3.63, 3.8) is 0 Å². The maximum Gasteiger partial charge on any atom is 0.220 e. The molecule has 12 heavy (non-hydrogen) atoms. The van der Waals surface area contributed by atoms with E-state index in [1.165, 1.54) is 0 Å². The fourth-order valence-corrected chi connectivity index (χ4v) is 0.820. The highest BCUT2D eigenvalue weighted by Crippen LogP contribution is 1.98. The van der Waals surface area contributed by atoms with Gasteiger partial charge in [0.1, 0.15) is 0 Å². The van der Waals surface area contributed by atoms with Crippen molar-refractivity contribution in [1.82, 2.24) is 5.32 Å². The van der Waals surface area contributed by atoms with Gasteiger partial charge in [0.2, 0.25) is 5.91 Å². The molecule has 0 saturated heterocycles. The van der Waals surface area contributed by atoms with Crippen LogP contribution >= 0.6 is 15.9 Å². The van der Waals surface area contributed by atoms with E-state index in [-0.39, 0.29) is 12.5 Å². The van der Waals surface area contributed by atoms with E-state index < -0.39 is 0 Å². The monoisotopic (exact) mass is 235 g/mol. The molecule has 0 aliphatic rings. The number of halogens is 1. The van der Waals surface area contributed by atoms with Gasteiger partial charge in [-0.15, -0.1) is 0 Å². The van der Waals surface area contributed by atoms with Crippen molar-refractivity contribution in [2.45, 2.75) is 19.3 Å². The average molecular weight is 236 g/mol. The molecule has 0 saturated carbocycles. The summed E-state index contributed by atoms with van der Waals surface area (Å²) in [6, 6.07) is 0. The van der Waals surface area contributed by atoms with Crippen LogP contribution in [0.4, 0.5) is 0 Å². The summed E-state index contributed by atoms with van der Waals surface area (Å²) >= 11 is 3.14. The van der Waals surface area contributed by atoms with E-state index in [2.05, 4.69) is 27.8 Å². The number of aliphatic hydroxyl groups excluding tert-OH is 1. The zero-order valence-electron chi connectivity index (χ0n) is 6.98. The van der Waals surface area contributed by atoms with Crippen LogP contribution in [-0.2, 0) is 4.79 Å². The lowest BCUT2D eigenvalue weighted by Crippen LogP contribution is -2.23. The maximum atomic E-state index is 11.0. The zero-order valence-corrected chi connectivity index (χ0v) is 8.56. The van der Waals surface area contributed by atoms with Crippen molar-refractivity contribution in [1.29, 1.82) is 0 Å². The summed E-state index contributed by atoms with van der Waals surface area (Å²) < 4.78 is 0.762. The molecule has 0 fully saturated rings. The Kier molecular flexibility index (Phi) is 7.09. The normalized spacial score (nSPS) is 9.50. The summed E-state index contributed by atoms with van der Waals surface area (Å²) in [4.78, 5) is 11.0. The van der Waals surface area contributed by atoms with E-state index in [1.54, 1.807) is 0 Å². The summed E-state index contributed by atoms with van der Waals surface area (Å²) in [6.07, 6.45) is 1.89. The average Bonchev–Trinajstić information content (AvgIpc) is 2.01. The predicted molar refractivity (Wildman–Crippen MR) is 52.0 cm³/mol. The van der Waals surface area contributed by atoms with Crippen LogP contribution in [0.5, 0.6) is 0 Å². The molecule has 0 aromatic heterocycles. The van der Waals surface area contributed by atoms with Crippen molar-refractivity contribution in [3.8, 4) is 0 Å². The van der Waals surface area contributed by atoms with Crippen LogP contribution in [0.3, 0.4) is 0 Å². The lowest BCUT2D eigenvalue weighted by Gasteiger charge is -2.02. The summed E-state index contributed by atoms with van der Waals surface area (Å²) in [6.45, 7) is 4.21. The molecule has 0 bridgehead atoms. The minimum absolute atomic E-state index is 0.00375. The van der Waals surface area contributed by atoms with Crippen LogP contribution in [0.25, 0.3) is 0 Å². The third kappa shape index (κ3) is 7.75. The standard InChI is InChI=1S/C8H14BrNO2/c1-7(9)6-10-8(12)4-2-3-5-11/h11H,1-6H2,(H,10,12). The molecule has 0 spiro atoms. The van der Waals surface area contributed by atoms with Crippen LogP contribution < -0.4 is 5.32 Å². The molecule has 0 aromatic rings. The largest absolute Gasteiger partial charge is 0.396 e. The van der Waals surface area contributed by atoms with Gasteiger partial charge in [0, 0.05) is 24.1 Å². The van der Waals surface area contributed by atoms with E-state index >= 15 is 0 Å². The highest BCUT2D eigenvalue weighted by molar-refractivity contribution is 9.11. The second kappa shape index (κ2) is 7.31. The molecular weight excluding hydrogens is 222 g/mol. The Hall–Kier alpha value is -0.350. The number of carbonyl (C=O) groups is 1. The molecule has 0 aliphatic heterocycles. The van der Waals surface area contributed by atoms with E-state index in [0.717, 1.165) is 10.9 Å². The minimum Gasteiger partial charge on any atom is -0.396 e. The highest BCUT2D eigenvalue weighted by atomic mass is 79.9. The molecular formula is C8H14BrNO2. The van der Waals surface area contributed by atoms with Crippen LogP contribution in [-0.4, -0.2) is 24.2 Å². The van der Waals surface area contributed by atoms with Crippen LogP contribution in [0.15, 0.2) is 11.1 Å². The zero-order chi connectivity index (χ0) is 9.40. The number of nitrogens with one attached hydrogen (secondary N) is 1. The van der Waals surface area contributed by atoms with Gasteiger partial charge in [0.05, 0.1) is 0 Å². The first-order chi connectivity index (χ1) is 5.66. The topological polar surface area (TPSA) is 49.3 Å². The summed E-state index contributed by atoms with van der Waals surface area (Å²) in [5.74, 6) is 0.00375. The van der Waals surface area contributed by atoms with E-state index in [9.17, 15) is 4.79 Å². The quantitative estimate of drug-likeness (QED) is 0.680. The van der Waals surface area contributed by atoms with Gasteiger partial charge in [-0.3, -0.25) is 4.79 Å². The van der Waals surface area contributed by atoms with Gasteiger partial charge < -0.3 is 10.4 Å². The van der Waals surface area contributed by atoms with Crippen LogP contribution in [0, 0.1) is 0 Å². The molecule has 0 heterocycles. The Labute approximate surface area is 81.0 Å². The first-order valence-electron chi connectivity index (χ1n) is 3.87. The molecule has 0 unspecified atom stereocenters. The predicted octanol–water partition coefficient (Wildman–Crippen LogP) is 1.17. The molecule has 0 aromatic carbocycles. The number of amides is 1. The van der Waals surface area contributed by atoms with Crippen molar-refractivity contribution < 1.29 is 9.90 Å². The van der Waals surface area contributed by atoms with Crippen molar-refractivity contribution in [2.24, 2.45) is 0 Å². The molecule has 0 atom stereocenters. The number of rotatable bonds is 6. The second-order valence-corrected chi connectivity index (χ2v) is 3.60. The fraction of sp³-hybridized carbons (Fsp3) is 0.625. The third-order valence-corrected chi connectivity index (χ3v) is 1.57. The Balaban J connectivity index is 3.28. The number of unbranched alkanes of at least 4 members (excludes halogenated alkanes) is 1. The van der Waals surface area contributed by atoms with Crippen LogP contribution in [0.1, 0.15) is 19.3 Å². The molecule has 4 heteroatoms. The lowest BCUT2D eigenvalue weighted by molar-refractivity contribution is -0.121. The Morgan fingerprint density at radius 2 is 2.17 bits per heavy atom. The van der Waals surface area contributed by atoms with Gasteiger partial charge in [0.15, 0.2) is 0 Å². The Bertz CT molecular complexity index is 159. The number of carbonyl (C=O) groups excluding carboxylic acids is 1. The van der Waals surface area contributed by atoms with Gasteiger partial charge in [-0.25, -0.2) is 0 Å². The lowest BCUT2D eigenvalue weighted by atomic mass is 10.2. The van der Waals surface area contributed by atoms with Crippen molar-refractivity contribution >= 4 is 21.8 Å². The minimum atomic E-state index is 0.00375. The molecule has 1 amide bonds. The summed E-state index contributed by atoms with van der Waals surface area (Å²) in [5, 5.41) is 11.1. The Morgan fingerprint density at radius 3 is 2.67 bits per heavy atom. The third-order valence-electron chi connectivity index (χ3n) is 1.29. The molecule has 2 N–H and O–H groups in total. The second-order valence-electron chi connectivity index (χ2n) is 2.47. The van der Waals surface area contributed by atoms with Gasteiger partial charge >= 0.3 is 0 Å². The van der Waals surface area contributed by atoms with E-state index in [0.29, 0.717) is 19.4 Å². The first kappa shape index (κ1) is 11.6. The maximum absolute atomic E-state index is 11.0. The fourth-order valence-electron chi connectivity index (χ4n) is 0.680. The number of aliphatic hydroxyl groups is 1. The van der Waals surface area contributed by atoms with Crippen molar-refractivity contribution in [3.05, 3.63) is 11.1 Å². The first-order valence-corrected chi connectivity index (χ1v) is 4.67. The van der Waals surface area contributed by atoms with E-state index in [1.807, 2.05) is 0 Å². The summed E-state index contributed by atoms with van der Waals surface area (Å²) in [5.41, 5.74) is 0. The number of hydrogen-bond donors (Lipinski definition) is 2. The van der Waals surface area contributed by atoms with Gasteiger partial charge in [-0.05, 0) is 12.8 Å². The molecule has 0 radical (unpaired) electrons. The van der Waals surface area contributed by atoms with Gasteiger partial charge in [-0.2, -0.15) is 0 Å². The smallest absolute Gasteiger partial charge is 0.220 e. The summed E-state index contributed by atoms with van der Waals surface area (Å²) in [7, 11) is 0. The Morgan fingerprint density at radius 1 is 1.50 bits per heavy atom. The van der Waals surface area contributed by atoms with Gasteiger partial charge in [-0.1, -0.05) is 22.5 Å². The molecule has 70 valence electrons. The van der Waals surface area contributed by atoms with Gasteiger partial charge in [0.25, 0.3) is 0 Å². The van der Waals surface area contributed by atoms with E-state index in [4.69, 9.17) is 5.11 Å². The molecule has 0 aliphatic carbocycles. The number of hydrogen-bond acceptors (Lipinski definition) is 2. The highest BCUT2D eigenvalue weighted by Gasteiger charge is 1.99. The SMILES string of the molecule is C=C(Br)CNC(=O)CCCCO. The molecule has 0 rings (SSSR count).